The van der Waals surface area contributed by atoms with Crippen LogP contribution in [-0.2, 0) is 36.1 Å². The number of amidine groups is 1. The second-order valence-corrected chi connectivity index (χ2v) is 9.34. The molecule has 11 nitrogen and oxygen atoms in total. The lowest BCUT2D eigenvalue weighted by Gasteiger charge is -2.49. The number of thioether (sulfide) groups is 2. The van der Waals surface area contributed by atoms with Crippen LogP contribution in [0.25, 0.3) is 0 Å². The number of amides is 2. The lowest BCUT2D eigenvalue weighted by Crippen LogP contribution is -2.70. The third-order valence-electron chi connectivity index (χ3n) is 4.92. The van der Waals surface area contributed by atoms with Gasteiger partial charge >= 0.3 is 11.9 Å². The Hall–Kier alpha value is -2.90. The lowest BCUT2D eigenvalue weighted by atomic mass is 10.0. The van der Waals surface area contributed by atoms with Crippen molar-refractivity contribution in [3.8, 4) is 0 Å². The molecule has 1 fully saturated rings. The maximum absolute atomic E-state index is 12.6. The molecule has 6 N–H and O–H groups in total. The zero-order chi connectivity index (χ0) is 24.1. The van der Waals surface area contributed by atoms with Gasteiger partial charge in [0.1, 0.15) is 23.7 Å². The zero-order valence-corrected chi connectivity index (χ0v) is 20.5. The van der Waals surface area contributed by atoms with Crippen molar-refractivity contribution < 1.29 is 29.0 Å². The van der Waals surface area contributed by atoms with Gasteiger partial charge in [-0.3, -0.25) is 19.3 Å². The minimum Gasteiger partial charge on any atom is -0.477 e. The lowest BCUT2D eigenvalue weighted by molar-refractivity contribution is -0.151. The summed E-state index contributed by atoms with van der Waals surface area (Å²) in [6.45, 7) is 1.02. The van der Waals surface area contributed by atoms with Gasteiger partial charge in [0.05, 0.1) is 6.42 Å². The molecule has 14 heteroatoms. The van der Waals surface area contributed by atoms with Gasteiger partial charge in [0.15, 0.2) is 5.17 Å². The molecule has 1 aromatic rings. The molecule has 2 heterocycles. The van der Waals surface area contributed by atoms with E-state index in [1.807, 2.05) is 24.3 Å². The molecule has 34 heavy (non-hydrogen) atoms. The molecule has 0 radical (unpaired) electrons. The first-order chi connectivity index (χ1) is 15.7. The second-order valence-electron chi connectivity index (χ2n) is 7.24. The summed E-state index contributed by atoms with van der Waals surface area (Å²) >= 11 is 2.61. The van der Waals surface area contributed by atoms with Gasteiger partial charge in [-0.1, -0.05) is 36.0 Å². The number of hydrogen-bond acceptors (Lipinski definition) is 9. The van der Waals surface area contributed by atoms with Crippen molar-refractivity contribution >= 4 is 64.9 Å². The molecular formula is C20H24ClN5O6S2. The van der Waals surface area contributed by atoms with Crippen LogP contribution in [0.3, 0.4) is 0 Å². The van der Waals surface area contributed by atoms with Gasteiger partial charge in [-0.05, 0) is 11.1 Å². The standard InChI is InChI=1S/C20H23N5O6S2.ClH/c1-10(26)31-7-13-9-32-18-15(17(28)25(18)16(13)19(29)30)23-14(27)6-11-2-4-12(5-3-11)8-33-20(21)24-22;/h2-5,15,18H,6-9,22H2,1H3,(H2,21,24)(H,23,27)(H,29,30);1H. The molecule has 2 unspecified atom stereocenters. The Kier molecular flexibility index (Phi) is 9.65. The molecule has 2 atom stereocenters. The fourth-order valence-corrected chi connectivity index (χ4v) is 5.25. The van der Waals surface area contributed by atoms with Gasteiger partial charge < -0.3 is 26.7 Å². The van der Waals surface area contributed by atoms with Crippen LogP contribution in [-0.4, -0.2) is 62.7 Å². The summed E-state index contributed by atoms with van der Waals surface area (Å²) in [5.41, 5.74) is 7.44. The number of carbonyl (C=O) groups excluding carboxylic acids is 3. The maximum Gasteiger partial charge on any atom is 0.352 e. The molecule has 3 rings (SSSR count). The largest absolute Gasteiger partial charge is 0.477 e. The number of esters is 1. The normalized spacial score (nSPS) is 19.5. The van der Waals surface area contributed by atoms with Gasteiger partial charge in [0, 0.05) is 24.0 Å². The molecule has 0 spiro atoms. The molecule has 0 saturated carbocycles. The number of halogens is 1. The van der Waals surface area contributed by atoms with Crippen LogP contribution in [0.2, 0.25) is 0 Å². The Morgan fingerprint density at radius 2 is 1.94 bits per heavy atom. The molecular weight excluding hydrogens is 506 g/mol. The molecule has 1 saturated heterocycles. The summed E-state index contributed by atoms with van der Waals surface area (Å²) in [5.74, 6) is 3.28. The number of β-lactam (4-membered cyclic amide) rings is 1. The quantitative estimate of drug-likeness (QED) is 0.0918. The molecule has 184 valence electrons. The third-order valence-corrected chi connectivity index (χ3v) is 7.14. The number of nitrogens with zero attached hydrogens (tertiary/aromatic N) is 2. The average molecular weight is 530 g/mol. The highest BCUT2D eigenvalue weighted by Crippen LogP contribution is 2.40. The number of carbonyl (C=O) groups is 4. The van der Waals surface area contributed by atoms with Gasteiger partial charge in [-0.25, -0.2) is 4.79 Å². The van der Waals surface area contributed by atoms with Crippen molar-refractivity contribution in [1.29, 1.82) is 0 Å². The molecule has 2 aliphatic rings. The van der Waals surface area contributed by atoms with Crippen LogP contribution in [0.1, 0.15) is 18.1 Å². The Bertz CT molecular complexity index is 1030. The summed E-state index contributed by atoms with van der Waals surface area (Å²) in [6, 6.07) is 6.52. The average Bonchev–Trinajstić information content (AvgIpc) is 2.79. The van der Waals surface area contributed by atoms with E-state index in [9.17, 15) is 24.3 Å². The van der Waals surface area contributed by atoms with Gasteiger partial charge in [0.2, 0.25) is 5.91 Å². The first kappa shape index (κ1) is 27.3. The number of benzene rings is 1. The molecule has 1 aromatic carbocycles. The predicted octanol–water partition coefficient (Wildman–Crippen LogP) is 0.374. The van der Waals surface area contributed by atoms with E-state index in [-0.39, 0.29) is 48.0 Å². The number of nitrogens with one attached hydrogen (secondary N) is 1. The number of aliphatic carboxylic acids is 1. The van der Waals surface area contributed by atoms with E-state index >= 15 is 0 Å². The number of carboxylic acids is 1. The Morgan fingerprint density at radius 3 is 2.53 bits per heavy atom. The van der Waals surface area contributed by atoms with Gasteiger partial charge in [0.25, 0.3) is 5.91 Å². The fraction of sp³-hybridized carbons (Fsp3) is 0.350. The number of nitrogens with two attached hydrogens (primary N) is 2. The Morgan fingerprint density at radius 1 is 1.29 bits per heavy atom. The molecule has 0 aromatic heterocycles. The SMILES string of the molecule is CC(=O)OCC1=C(C(=O)O)N2C(=O)C(NC(=O)Cc3ccc(CS/C(N)=N\N)cc3)C2SC1.Cl. The highest BCUT2D eigenvalue weighted by molar-refractivity contribution is 8.13. The van der Waals surface area contributed by atoms with Crippen molar-refractivity contribution in [2.75, 3.05) is 12.4 Å². The van der Waals surface area contributed by atoms with E-state index in [0.717, 1.165) is 16.0 Å². The van der Waals surface area contributed by atoms with Crippen molar-refractivity contribution in [2.24, 2.45) is 16.7 Å². The topological polar surface area (TPSA) is 177 Å². The Labute approximate surface area is 210 Å². The monoisotopic (exact) mass is 529 g/mol. The molecule has 0 aliphatic carbocycles. The highest BCUT2D eigenvalue weighted by atomic mass is 35.5. The van der Waals surface area contributed by atoms with Crippen LogP contribution in [0.5, 0.6) is 0 Å². The molecule has 0 bridgehead atoms. The van der Waals surface area contributed by atoms with Crippen molar-refractivity contribution in [3.63, 3.8) is 0 Å². The number of carboxylic acid groups (broad SMARTS) is 1. The van der Waals surface area contributed by atoms with Crippen molar-refractivity contribution in [2.45, 2.75) is 30.5 Å². The second kappa shape index (κ2) is 12.0. The van der Waals surface area contributed by atoms with Crippen LogP contribution in [0.15, 0.2) is 40.6 Å². The van der Waals surface area contributed by atoms with E-state index in [2.05, 4.69) is 10.4 Å². The van der Waals surface area contributed by atoms with Crippen LogP contribution >= 0.6 is 35.9 Å². The number of rotatable bonds is 8. The summed E-state index contributed by atoms with van der Waals surface area (Å²) in [7, 11) is 0. The first-order valence-corrected chi connectivity index (χ1v) is 11.8. The number of hydrazone groups is 1. The van der Waals surface area contributed by atoms with Crippen molar-refractivity contribution in [1.82, 2.24) is 10.2 Å². The maximum atomic E-state index is 12.6. The zero-order valence-electron chi connectivity index (χ0n) is 18.1. The smallest absolute Gasteiger partial charge is 0.352 e. The van der Waals surface area contributed by atoms with E-state index < -0.39 is 29.3 Å². The summed E-state index contributed by atoms with van der Waals surface area (Å²) < 4.78 is 4.90. The van der Waals surface area contributed by atoms with Gasteiger partial charge in [-0.15, -0.1) is 24.2 Å². The van der Waals surface area contributed by atoms with E-state index in [4.69, 9.17) is 16.3 Å². The first-order valence-electron chi connectivity index (χ1n) is 9.78. The van der Waals surface area contributed by atoms with Gasteiger partial charge in [-0.2, -0.15) is 5.10 Å². The number of ether oxygens (including phenoxy) is 1. The van der Waals surface area contributed by atoms with E-state index in [1.54, 1.807) is 0 Å². The van der Waals surface area contributed by atoms with E-state index in [0.29, 0.717) is 11.3 Å². The third kappa shape index (κ3) is 6.36. The Balaban J connectivity index is 0.00000408. The predicted molar refractivity (Wildman–Crippen MR) is 131 cm³/mol. The number of fused-ring (bicyclic) bond motifs is 1. The minimum absolute atomic E-state index is 0. The molecule has 2 amide bonds. The van der Waals surface area contributed by atoms with Crippen LogP contribution in [0, 0.1) is 0 Å². The highest BCUT2D eigenvalue weighted by Gasteiger charge is 2.54. The minimum atomic E-state index is -1.28. The van der Waals surface area contributed by atoms with Crippen LogP contribution < -0.4 is 16.9 Å². The summed E-state index contributed by atoms with van der Waals surface area (Å²) in [4.78, 5) is 49.1. The fourth-order valence-electron chi connectivity index (χ4n) is 3.34. The van der Waals surface area contributed by atoms with Crippen LogP contribution in [0.4, 0.5) is 0 Å². The summed E-state index contributed by atoms with van der Waals surface area (Å²) in [6.07, 6.45) is 0.0698. The van der Waals surface area contributed by atoms with E-state index in [1.165, 1.54) is 30.4 Å². The number of hydrogen-bond donors (Lipinski definition) is 4. The summed E-state index contributed by atoms with van der Waals surface area (Å²) in [5, 5.41) is 15.4. The van der Waals surface area contributed by atoms with Crippen molar-refractivity contribution in [3.05, 3.63) is 46.7 Å². The molecule has 2 aliphatic heterocycles.